The molecule has 0 aliphatic heterocycles. The topological polar surface area (TPSA) is 81.8 Å². The van der Waals surface area contributed by atoms with E-state index in [4.69, 9.17) is 10.7 Å². The third-order valence-electron chi connectivity index (χ3n) is 1.87. The molecule has 0 saturated carbocycles. The Balaban J connectivity index is 3.15. The van der Waals surface area contributed by atoms with Crippen molar-refractivity contribution >= 4 is 15.5 Å². The van der Waals surface area contributed by atoms with Gasteiger partial charge in [0.15, 0.2) is 9.84 Å². The highest BCUT2D eigenvalue weighted by atomic mass is 32.2. The minimum absolute atomic E-state index is 0.0206. The summed E-state index contributed by atoms with van der Waals surface area (Å²) in [6.07, 6.45) is 1.09. The number of nitrogens with zero attached hydrogens (tertiary/aromatic N) is 1. The first-order valence-electron chi connectivity index (χ1n) is 4.20. The lowest BCUT2D eigenvalue weighted by molar-refractivity contribution is 0.602. The Kier molecular flexibility index (Phi) is 3.22. The van der Waals surface area contributed by atoms with Gasteiger partial charge in [-0.1, -0.05) is 12.1 Å². The monoisotopic (exact) mass is 222 g/mol. The Morgan fingerprint density at radius 3 is 2.73 bits per heavy atom. The second-order valence-electron chi connectivity index (χ2n) is 3.11. The standard InChI is InChI=1S/C10H10N2O2S/c1-15(13,14)9-4-2-3-8(7-9)10(12)5-6-11/h2-4,7,12H,5H2,1H3. The summed E-state index contributed by atoms with van der Waals surface area (Å²) >= 11 is 0. The largest absolute Gasteiger partial charge is 0.304 e. The molecule has 1 N–H and O–H groups in total. The third-order valence-corrected chi connectivity index (χ3v) is 2.98. The van der Waals surface area contributed by atoms with Crippen molar-refractivity contribution in [2.45, 2.75) is 11.3 Å². The second-order valence-corrected chi connectivity index (χ2v) is 5.13. The SMILES string of the molecule is CS(=O)(=O)c1cccc(C(=N)CC#N)c1. The highest BCUT2D eigenvalue weighted by Crippen LogP contribution is 2.12. The van der Waals surface area contributed by atoms with E-state index in [0.717, 1.165) is 6.26 Å². The van der Waals surface area contributed by atoms with E-state index in [1.165, 1.54) is 12.1 Å². The molecule has 1 rings (SSSR count). The Morgan fingerprint density at radius 1 is 1.53 bits per heavy atom. The molecule has 0 aromatic heterocycles. The van der Waals surface area contributed by atoms with Crippen LogP contribution < -0.4 is 0 Å². The van der Waals surface area contributed by atoms with Crippen LogP contribution in [-0.2, 0) is 9.84 Å². The van der Waals surface area contributed by atoms with Gasteiger partial charge in [0, 0.05) is 6.26 Å². The predicted octanol–water partition coefficient (Wildman–Crippen LogP) is 1.37. The van der Waals surface area contributed by atoms with E-state index in [2.05, 4.69) is 0 Å². The van der Waals surface area contributed by atoms with Gasteiger partial charge >= 0.3 is 0 Å². The van der Waals surface area contributed by atoms with Gasteiger partial charge in [0.05, 0.1) is 23.1 Å². The zero-order valence-corrected chi connectivity index (χ0v) is 9.00. The molecule has 0 unspecified atom stereocenters. The van der Waals surface area contributed by atoms with Gasteiger partial charge in [-0.25, -0.2) is 8.42 Å². The fourth-order valence-corrected chi connectivity index (χ4v) is 1.76. The van der Waals surface area contributed by atoms with E-state index in [1.807, 2.05) is 6.07 Å². The highest BCUT2D eigenvalue weighted by Gasteiger charge is 2.09. The summed E-state index contributed by atoms with van der Waals surface area (Å²) in [5.41, 5.74) is 0.600. The third kappa shape index (κ3) is 2.89. The first kappa shape index (κ1) is 11.4. The number of hydrogen-bond donors (Lipinski definition) is 1. The average molecular weight is 222 g/mol. The second kappa shape index (κ2) is 4.24. The summed E-state index contributed by atoms with van der Waals surface area (Å²) < 4.78 is 22.5. The van der Waals surface area contributed by atoms with Crippen molar-refractivity contribution in [3.8, 4) is 6.07 Å². The number of rotatable bonds is 3. The highest BCUT2D eigenvalue weighted by molar-refractivity contribution is 7.90. The molecule has 0 saturated heterocycles. The van der Waals surface area contributed by atoms with E-state index in [-0.39, 0.29) is 17.0 Å². The van der Waals surface area contributed by atoms with Gasteiger partial charge in [0.25, 0.3) is 0 Å². The van der Waals surface area contributed by atoms with E-state index in [1.54, 1.807) is 12.1 Å². The molecule has 0 aliphatic carbocycles. The number of nitriles is 1. The smallest absolute Gasteiger partial charge is 0.175 e. The maximum absolute atomic E-state index is 11.2. The van der Waals surface area contributed by atoms with Gasteiger partial charge in [-0.15, -0.1) is 0 Å². The Hall–Kier alpha value is -1.67. The van der Waals surface area contributed by atoms with E-state index < -0.39 is 9.84 Å². The van der Waals surface area contributed by atoms with Crippen molar-refractivity contribution < 1.29 is 8.42 Å². The van der Waals surface area contributed by atoms with Gasteiger partial charge < -0.3 is 5.41 Å². The zero-order chi connectivity index (χ0) is 11.5. The van der Waals surface area contributed by atoms with Crippen LogP contribution in [-0.4, -0.2) is 20.4 Å². The number of sulfone groups is 1. The summed E-state index contributed by atoms with van der Waals surface area (Å²) in [5, 5.41) is 15.9. The molecule has 0 bridgehead atoms. The number of benzene rings is 1. The van der Waals surface area contributed by atoms with Crippen LogP contribution in [0, 0.1) is 16.7 Å². The lowest BCUT2D eigenvalue weighted by atomic mass is 10.1. The van der Waals surface area contributed by atoms with Gasteiger partial charge in [-0.05, 0) is 17.7 Å². The number of nitrogens with one attached hydrogen (secondary N) is 1. The molecule has 0 spiro atoms. The first-order chi connectivity index (χ1) is 6.95. The molecule has 0 atom stereocenters. The first-order valence-corrected chi connectivity index (χ1v) is 6.09. The molecular formula is C10H10N2O2S. The van der Waals surface area contributed by atoms with Crippen molar-refractivity contribution in [3.05, 3.63) is 29.8 Å². The minimum Gasteiger partial charge on any atom is -0.304 e. The summed E-state index contributed by atoms with van der Waals surface area (Å²) in [5.74, 6) is 0. The van der Waals surface area contributed by atoms with Gasteiger partial charge in [0.2, 0.25) is 0 Å². The van der Waals surface area contributed by atoms with Crippen LogP contribution in [0.2, 0.25) is 0 Å². The van der Waals surface area contributed by atoms with Gasteiger partial charge in [0.1, 0.15) is 0 Å². The molecule has 0 heterocycles. The molecule has 0 amide bonds. The summed E-state index contributed by atoms with van der Waals surface area (Å²) in [6.45, 7) is 0. The molecule has 15 heavy (non-hydrogen) atoms. The quantitative estimate of drug-likeness (QED) is 0.784. The van der Waals surface area contributed by atoms with Crippen molar-refractivity contribution in [1.29, 1.82) is 10.7 Å². The Labute approximate surface area is 88.6 Å². The van der Waals surface area contributed by atoms with Crippen molar-refractivity contribution in [2.75, 3.05) is 6.26 Å². The summed E-state index contributed by atoms with van der Waals surface area (Å²) in [7, 11) is -3.25. The molecule has 4 nitrogen and oxygen atoms in total. The molecule has 0 fully saturated rings. The summed E-state index contributed by atoms with van der Waals surface area (Å²) in [6, 6.07) is 7.92. The van der Waals surface area contributed by atoms with Crippen molar-refractivity contribution in [3.63, 3.8) is 0 Å². The molecule has 1 aromatic rings. The van der Waals surface area contributed by atoms with E-state index >= 15 is 0 Å². The molecule has 5 heteroatoms. The Morgan fingerprint density at radius 2 is 2.20 bits per heavy atom. The van der Waals surface area contributed by atoms with Crippen molar-refractivity contribution in [1.82, 2.24) is 0 Å². The Bertz CT molecular complexity index is 527. The lowest BCUT2D eigenvalue weighted by Crippen LogP contribution is -2.02. The van der Waals surface area contributed by atoms with Gasteiger partial charge in [-0.2, -0.15) is 5.26 Å². The van der Waals surface area contributed by atoms with Crippen LogP contribution in [0.25, 0.3) is 0 Å². The normalized spacial score (nSPS) is 10.7. The molecule has 78 valence electrons. The van der Waals surface area contributed by atoms with Gasteiger partial charge in [-0.3, -0.25) is 0 Å². The van der Waals surface area contributed by atoms with Crippen LogP contribution >= 0.6 is 0 Å². The lowest BCUT2D eigenvalue weighted by Gasteiger charge is -2.02. The molecular weight excluding hydrogens is 212 g/mol. The molecule has 0 radical (unpaired) electrons. The summed E-state index contributed by atoms with van der Waals surface area (Å²) in [4.78, 5) is 0.169. The van der Waals surface area contributed by atoms with Crippen molar-refractivity contribution in [2.24, 2.45) is 0 Å². The maximum atomic E-state index is 11.2. The fourth-order valence-electron chi connectivity index (χ4n) is 1.10. The molecule has 1 aromatic carbocycles. The minimum atomic E-state index is -3.25. The van der Waals surface area contributed by atoms with Crippen LogP contribution in [0.15, 0.2) is 29.2 Å². The average Bonchev–Trinajstić information content (AvgIpc) is 2.17. The van der Waals surface area contributed by atoms with Crippen LogP contribution in [0.5, 0.6) is 0 Å². The zero-order valence-electron chi connectivity index (χ0n) is 8.19. The van der Waals surface area contributed by atoms with E-state index in [0.29, 0.717) is 5.56 Å². The van der Waals surface area contributed by atoms with E-state index in [9.17, 15) is 8.42 Å². The van der Waals surface area contributed by atoms with Crippen LogP contribution in [0.3, 0.4) is 0 Å². The fraction of sp³-hybridized carbons (Fsp3) is 0.200. The molecule has 0 aliphatic rings. The number of hydrogen-bond acceptors (Lipinski definition) is 4. The van der Waals surface area contributed by atoms with Crippen LogP contribution in [0.4, 0.5) is 0 Å². The maximum Gasteiger partial charge on any atom is 0.175 e. The van der Waals surface area contributed by atoms with Crippen LogP contribution in [0.1, 0.15) is 12.0 Å². The predicted molar refractivity (Wildman–Crippen MR) is 56.6 cm³/mol.